The molecule has 20 heavy (non-hydrogen) atoms. The van der Waals surface area contributed by atoms with Crippen LogP contribution in [0.2, 0.25) is 0 Å². The number of para-hydroxylation sites is 1. The average Bonchev–Trinajstić information content (AvgIpc) is 2.79. The summed E-state index contributed by atoms with van der Waals surface area (Å²) in [7, 11) is 2.02. The molecule has 1 aromatic carbocycles. The second kappa shape index (κ2) is 6.90. The fourth-order valence-corrected chi connectivity index (χ4v) is 3.26. The fraction of sp³-hybridized carbons (Fsp3) is 0.267. The highest BCUT2D eigenvalue weighted by molar-refractivity contribution is 9.11. The van der Waals surface area contributed by atoms with Gasteiger partial charge in [-0.2, -0.15) is 0 Å². The van der Waals surface area contributed by atoms with Gasteiger partial charge in [0.05, 0.1) is 8.66 Å². The van der Waals surface area contributed by atoms with Gasteiger partial charge in [-0.05, 0) is 46.6 Å². The number of halogens is 1. The summed E-state index contributed by atoms with van der Waals surface area (Å²) in [5.74, 6) is -0.00902. The Labute approximate surface area is 131 Å². The Morgan fingerprint density at radius 2 is 2.05 bits per heavy atom. The van der Waals surface area contributed by atoms with Crippen molar-refractivity contribution in [2.75, 3.05) is 25.0 Å². The van der Waals surface area contributed by atoms with Gasteiger partial charge in [0.25, 0.3) is 5.91 Å². The molecule has 2 aromatic rings. The van der Waals surface area contributed by atoms with E-state index in [-0.39, 0.29) is 5.91 Å². The van der Waals surface area contributed by atoms with E-state index in [1.807, 2.05) is 38.2 Å². The van der Waals surface area contributed by atoms with Crippen LogP contribution < -0.4 is 10.2 Å². The molecular formula is C15H17BrN2OS. The summed E-state index contributed by atoms with van der Waals surface area (Å²) in [5, 5.41) is 2.95. The molecule has 0 bridgehead atoms. The highest BCUT2D eigenvalue weighted by atomic mass is 79.9. The maximum absolute atomic E-state index is 12.0. The number of hydrogen-bond acceptors (Lipinski definition) is 3. The zero-order valence-electron chi connectivity index (χ0n) is 11.5. The third kappa shape index (κ3) is 3.84. The fourth-order valence-electron chi connectivity index (χ4n) is 1.81. The van der Waals surface area contributed by atoms with E-state index in [1.54, 1.807) is 0 Å². The van der Waals surface area contributed by atoms with Crippen LogP contribution in [-0.4, -0.2) is 26.0 Å². The lowest BCUT2D eigenvalue weighted by molar-refractivity contribution is 0.0958. The molecule has 1 heterocycles. The van der Waals surface area contributed by atoms with Crippen molar-refractivity contribution in [3.8, 4) is 0 Å². The molecule has 0 aliphatic heterocycles. The Bertz CT molecular complexity index is 563. The first kappa shape index (κ1) is 15.1. The molecule has 0 saturated heterocycles. The lowest BCUT2D eigenvalue weighted by atomic mass is 10.3. The molecule has 0 fully saturated rings. The number of anilines is 1. The molecule has 0 unspecified atom stereocenters. The number of amides is 1. The van der Waals surface area contributed by atoms with Gasteiger partial charge in [-0.25, -0.2) is 0 Å². The first-order valence-corrected chi connectivity index (χ1v) is 7.99. The van der Waals surface area contributed by atoms with Gasteiger partial charge in [-0.15, -0.1) is 11.3 Å². The topological polar surface area (TPSA) is 32.3 Å². The number of nitrogens with zero attached hydrogens (tertiary/aromatic N) is 1. The minimum atomic E-state index is -0.00902. The minimum absolute atomic E-state index is 0.00902. The van der Waals surface area contributed by atoms with Gasteiger partial charge in [0.2, 0.25) is 0 Å². The predicted molar refractivity (Wildman–Crippen MR) is 88.8 cm³/mol. The number of carbonyl (C=O) groups is 1. The summed E-state index contributed by atoms with van der Waals surface area (Å²) in [6.45, 7) is 3.39. The van der Waals surface area contributed by atoms with Crippen molar-refractivity contribution in [3.63, 3.8) is 0 Å². The summed E-state index contributed by atoms with van der Waals surface area (Å²) in [6.07, 6.45) is 0. The van der Waals surface area contributed by atoms with E-state index >= 15 is 0 Å². The highest BCUT2D eigenvalue weighted by Gasteiger charge is 2.10. The van der Waals surface area contributed by atoms with Crippen molar-refractivity contribution in [1.82, 2.24) is 5.32 Å². The first-order valence-electron chi connectivity index (χ1n) is 6.38. The highest BCUT2D eigenvalue weighted by Crippen LogP contribution is 2.27. The van der Waals surface area contributed by atoms with Crippen LogP contribution in [0, 0.1) is 6.92 Å². The van der Waals surface area contributed by atoms with Crippen LogP contribution in [0.4, 0.5) is 5.69 Å². The number of aryl methyl sites for hydroxylation is 1. The Kier molecular flexibility index (Phi) is 5.20. The summed E-state index contributed by atoms with van der Waals surface area (Å²) < 4.78 is 1.02. The molecule has 1 aromatic heterocycles. The van der Waals surface area contributed by atoms with Crippen molar-refractivity contribution in [2.45, 2.75) is 6.92 Å². The van der Waals surface area contributed by atoms with Crippen molar-refractivity contribution < 1.29 is 4.79 Å². The molecular weight excluding hydrogens is 336 g/mol. The minimum Gasteiger partial charge on any atom is -0.373 e. The molecule has 0 saturated carbocycles. The van der Waals surface area contributed by atoms with Crippen LogP contribution in [0.1, 0.15) is 15.2 Å². The van der Waals surface area contributed by atoms with E-state index in [1.165, 1.54) is 11.3 Å². The lowest BCUT2D eigenvalue weighted by Crippen LogP contribution is -2.32. The van der Waals surface area contributed by atoms with Gasteiger partial charge in [-0.1, -0.05) is 18.2 Å². The first-order chi connectivity index (χ1) is 9.58. The number of likely N-dealkylation sites (N-methyl/N-ethyl adjacent to an activating group) is 1. The molecule has 1 amide bonds. The van der Waals surface area contributed by atoms with Gasteiger partial charge < -0.3 is 10.2 Å². The summed E-state index contributed by atoms with van der Waals surface area (Å²) in [4.78, 5) is 14.9. The third-order valence-corrected chi connectivity index (χ3v) is 5.15. The van der Waals surface area contributed by atoms with E-state index in [0.29, 0.717) is 6.54 Å². The molecule has 3 nitrogen and oxygen atoms in total. The molecule has 0 aliphatic carbocycles. The van der Waals surface area contributed by atoms with Crippen LogP contribution in [0.15, 0.2) is 40.2 Å². The van der Waals surface area contributed by atoms with Crippen LogP contribution >= 0.6 is 27.3 Å². The van der Waals surface area contributed by atoms with Crippen molar-refractivity contribution in [1.29, 1.82) is 0 Å². The Morgan fingerprint density at radius 3 is 2.65 bits per heavy atom. The third-order valence-electron chi connectivity index (χ3n) is 3.01. The number of rotatable bonds is 5. The molecule has 0 spiro atoms. The Hall–Kier alpha value is -1.33. The largest absolute Gasteiger partial charge is 0.373 e. The zero-order valence-corrected chi connectivity index (χ0v) is 13.9. The molecule has 5 heteroatoms. The van der Waals surface area contributed by atoms with Gasteiger partial charge in [0.1, 0.15) is 0 Å². The van der Waals surface area contributed by atoms with Gasteiger partial charge >= 0.3 is 0 Å². The standard InChI is InChI=1S/C15H17BrN2OS/c1-11-10-13(20-14(11)16)15(19)17-8-9-18(2)12-6-4-3-5-7-12/h3-7,10H,8-9H2,1-2H3,(H,17,19). The van der Waals surface area contributed by atoms with E-state index in [9.17, 15) is 4.79 Å². The van der Waals surface area contributed by atoms with E-state index in [4.69, 9.17) is 0 Å². The number of carbonyl (C=O) groups excluding carboxylic acids is 1. The average molecular weight is 353 g/mol. The normalized spacial score (nSPS) is 10.3. The van der Waals surface area contributed by atoms with E-state index < -0.39 is 0 Å². The van der Waals surface area contributed by atoms with Crippen LogP contribution in [0.3, 0.4) is 0 Å². The van der Waals surface area contributed by atoms with Gasteiger partial charge in [0, 0.05) is 25.8 Å². The Morgan fingerprint density at radius 1 is 1.35 bits per heavy atom. The second-order valence-electron chi connectivity index (χ2n) is 4.58. The van der Waals surface area contributed by atoms with Crippen LogP contribution in [-0.2, 0) is 0 Å². The Balaban J connectivity index is 1.82. The van der Waals surface area contributed by atoms with Crippen molar-refractivity contribution >= 4 is 38.9 Å². The van der Waals surface area contributed by atoms with Gasteiger partial charge in [0.15, 0.2) is 0 Å². The number of hydrogen-bond donors (Lipinski definition) is 1. The predicted octanol–water partition coefficient (Wildman–Crippen LogP) is 3.69. The number of benzene rings is 1. The quantitative estimate of drug-likeness (QED) is 0.889. The summed E-state index contributed by atoms with van der Waals surface area (Å²) in [6, 6.07) is 12.0. The van der Waals surface area contributed by atoms with Crippen molar-refractivity contribution in [3.05, 3.63) is 50.6 Å². The molecule has 0 radical (unpaired) electrons. The SMILES string of the molecule is Cc1cc(C(=O)NCCN(C)c2ccccc2)sc1Br. The second-order valence-corrected chi connectivity index (χ2v) is 6.95. The monoisotopic (exact) mass is 352 g/mol. The summed E-state index contributed by atoms with van der Waals surface area (Å²) >= 11 is 4.91. The molecule has 0 aliphatic rings. The number of thiophene rings is 1. The van der Waals surface area contributed by atoms with Gasteiger partial charge in [-0.3, -0.25) is 4.79 Å². The molecule has 106 valence electrons. The molecule has 1 N–H and O–H groups in total. The van der Waals surface area contributed by atoms with Crippen LogP contribution in [0.5, 0.6) is 0 Å². The van der Waals surface area contributed by atoms with Crippen molar-refractivity contribution in [2.24, 2.45) is 0 Å². The lowest BCUT2D eigenvalue weighted by Gasteiger charge is -2.19. The number of nitrogens with one attached hydrogen (secondary N) is 1. The maximum atomic E-state index is 12.0. The molecule has 0 atom stereocenters. The van der Waals surface area contributed by atoms with E-state index in [0.717, 1.165) is 26.5 Å². The summed E-state index contributed by atoms with van der Waals surface area (Å²) in [5.41, 5.74) is 2.25. The maximum Gasteiger partial charge on any atom is 0.261 e. The van der Waals surface area contributed by atoms with Crippen LogP contribution in [0.25, 0.3) is 0 Å². The van der Waals surface area contributed by atoms with E-state index in [2.05, 4.69) is 38.3 Å². The molecule has 2 rings (SSSR count). The smallest absolute Gasteiger partial charge is 0.261 e. The zero-order chi connectivity index (χ0) is 14.5.